The van der Waals surface area contributed by atoms with E-state index < -0.39 is 0 Å². The van der Waals surface area contributed by atoms with Crippen LogP contribution in [-0.4, -0.2) is 41.8 Å². The third-order valence-electron chi connectivity index (χ3n) is 3.43. The third kappa shape index (κ3) is 4.49. The number of hydrogen-bond acceptors (Lipinski definition) is 3. The van der Waals surface area contributed by atoms with Gasteiger partial charge in [-0.25, -0.2) is 0 Å². The summed E-state index contributed by atoms with van der Waals surface area (Å²) in [4.78, 5) is 2.21. The van der Waals surface area contributed by atoms with Crippen molar-refractivity contribution in [3.8, 4) is 0 Å². The van der Waals surface area contributed by atoms with Crippen LogP contribution in [0.1, 0.15) is 40.5 Å². The molecular formula is C12H28N2O. The van der Waals surface area contributed by atoms with Crippen LogP contribution in [0.15, 0.2) is 0 Å². The van der Waals surface area contributed by atoms with Crippen LogP contribution < -0.4 is 5.73 Å². The molecule has 0 aromatic rings. The molecule has 92 valence electrons. The van der Waals surface area contributed by atoms with Crippen LogP contribution in [0.3, 0.4) is 0 Å². The quantitative estimate of drug-likeness (QED) is 0.677. The Hall–Kier alpha value is -0.120. The lowest BCUT2D eigenvalue weighted by Gasteiger charge is -2.37. The summed E-state index contributed by atoms with van der Waals surface area (Å²) in [5.41, 5.74) is 6.08. The van der Waals surface area contributed by atoms with E-state index in [2.05, 4.69) is 39.6 Å². The number of aliphatic hydroxyl groups excluding tert-OH is 1. The molecule has 0 aliphatic heterocycles. The second-order valence-electron chi connectivity index (χ2n) is 4.85. The average Bonchev–Trinajstić information content (AvgIpc) is 2.17. The Morgan fingerprint density at radius 2 is 1.80 bits per heavy atom. The minimum absolute atomic E-state index is 0.0752. The van der Waals surface area contributed by atoms with Gasteiger partial charge in [-0.15, -0.1) is 0 Å². The smallest absolute Gasteiger partial charge is 0.0601 e. The van der Waals surface area contributed by atoms with Gasteiger partial charge in [-0.05, 0) is 26.3 Å². The number of nitrogens with two attached hydrogens (primary N) is 1. The minimum Gasteiger partial charge on any atom is -0.395 e. The third-order valence-corrected chi connectivity index (χ3v) is 3.43. The fraction of sp³-hybridized carbons (Fsp3) is 1.00. The van der Waals surface area contributed by atoms with Crippen molar-refractivity contribution in [1.82, 2.24) is 4.90 Å². The summed E-state index contributed by atoms with van der Waals surface area (Å²) in [5, 5.41) is 9.40. The second kappa shape index (κ2) is 7.20. The molecule has 0 radical (unpaired) electrons. The first kappa shape index (κ1) is 14.9. The topological polar surface area (TPSA) is 49.5 Å². The van der Waals surface area contributed by atoms with Crippen molar-refractivity contribution in [3.63, 3.8) is 0 Å². The van der Waals surface area contributed by atoms with Gasteiger partial charge in [0, 0.05) is 18.1 Å². The zero-order valence-electron chi connectivity index (χ0n) is 10.9. The zero-order valence-corrected chi connectivity index (χ0v) is 10.9. The molecule has 0 aromatic carbocycles. The number of nitrogens with zero attached hydrogens (tertiary/aromatic N) is 1. The molecule has 0 aliphatic carbocycles. The predicted octanol–water partition coefficient (Wildman–Crippen LogP) is 1.45. The van der Waals surface area contributed by atoms with Crippen LogP contribution >= 0.6 is 0 Å². The molecule has 3 atom stereocenters. The van der Waals surface area contributed by atoms with Gasteiger partial charge in [0.2, 0.25) is 0 Å². The van der Waals surface area contributed by atoms with Gasteiger partial charge in [-0.3, -0.25) is 4.90 Å². The van der Waals surface area contributed by atoms with Gasteiger partial charge in [-0.1, -0.05) is 27.2 Å². The minimum atomic E-state index is 0.0752. The van der Waals surface area contributed by atoms with Gasteiger partial charge in [0.15, 0.2) is 0 Å². The predicted molar refractivity (Wildman–Crippen MR) is 65.8 cm³/mol. The van der Waals surface area contributed by atoms with Gasteiger partial charge in [0.05, 0.1) is 6.61 Å². The average molecular weight is 216 g/mol. The molecule has 0 aliphatic rings. The Kier molecular flexibility index (Phi) is 7.14. The molecule has 0 fully saturated rings. The maximum atomic E-state index is 9.40. The van der Waals surface area contributed by atoms with Crippen molar-refractivity contribution in [3.05, 3.63) is 0 Å². The monoisotopic (exact) mass is 216 g/mol. The second-order valence-corrected chi connectivity index (χ2v) is 4.85. The largest absolute Gasteiger partial charge is 0.395 e. The first-order chi connectivity index (χ1) is 6.95. The highest BCUT2D eigenvalue weighted by Gasteiger charge is 2.25. The molecule has 0 heterocycles. The van der Waals surface area contributed by atoms with E-state index in [0.29, 0.717) is 12.0 Å². The van der Waals surface area contributed by atoms with Crippen molar-refractivity contribution < 1.29 is 5.11 Å². The van der Waals surface area contributed by atoms with E-state index in [-0.39, 0.29) is 18.7 Å². The van der Waals surface area contributed by atoms with Gasteiger partial charge < -0.3 is 10.8 Å². The molecule has 0 aromatic heterocycles. The molecule has 0 saturated carbocycles. The molecule has 0 bridgehead atoms. The summed E-state index contributed by atoms with van der Waals surface area (Å²) < 4.78 is 0. The van der Waals surface area contributed by atoms with Crippen LogP contribution in [0.5, 0.6) is 0 Å². The lowest BCUT2D eigenvalue weighted by Crippen LogP contribution is -2.52. The lowest BCUT2D eigenvalue weighted by molar-refractivity contribution is 0.0770. The molecule has 15 heavy (non-hydrogen) atoms. The summed E-state index contributed by atoms with van der Waals surface area (Å²) in [7, 11) is 2.06. The van der Waals surface area contributed by atoms with E-state index >= 15 is 0 Å². The highest BCUT2D eigenvalue weighted by atomic mass is 16.3. The van der Waals surface area contributed by atoms with Crippen molar-refractivity contribution in [2.45, 2.75) is 58.7 Å². The summed E-state index contributed by atoms with van der Waals surface area (Å²) in [5.74, 6) is 0.581. The molecule has 0 spiro atoms. The van der Waals surface area contributed by atoms with Crippen molar-refractivity contribution >= 4 is 0 Å². The molecule has 0 saturated heterocycles. The maximum Gasteiger partial charge on any atom is 0.0601 e. The molecular weight excluding hydrogens is 188 g/mol. The molecule has 3 nitrogen and oxygen atoms in total. The Bertz CT molecular complexity index is 162. The van der Waals surface area contributed by atoms with Crippen molar-refractivity contribution in [2.24, 2.45) is 11.7 Å². The van der Waals surface area contributed by atoms with E-state index in [1.165, 1.54) is 0 Å². The number of likely N-dealkylation sites (N-methyl/N-ethyl adjacent to an activating group) is 1. The fourth-order valence-corrected chi connectivity index (χ4v) is 1.86. The van der Waals surface area contributed by atoms with Crippen molar-refractivity contribution in [1.29, 1.82) is 0 Å². The summed E-state index contributed by atoms with van der Waals surface area (Å²) in [6.45, 7) is 8.85. The first-order valence-electron chi connectivity index (χ1n) is 6.04. The normalized spacial score (nSPS) is 18.2. The molecule has 0 rings (SSSR count). The molecule has 3 unspecified atom stereocenters. The first-order valence-corrected chi connectivity index (χ1v) is 6.04. The zero-order chi connectivity index (χ0) is 12.0. The number of aliphatic hydroxyl groups is 1. The summed E-state index contributed by atoms with van der Waals surface area (Å²) in [6.07, 6.45) is 2.04. The lowest BCUT2D eigenvalue weighted by atomic mass is 9.98. The van der Waals surface area contributed by atoms with Gasteiger partial charge >= 0.3 is 0 Å². The number of rotatable bonds is 7. The van der Waals surface area contributed by atoms with Crippen LogP contribution in [0, 0.1) is 5.92 Å². The van der Waals surface area contributed by atoms with E-state index in [4.69, 9.17) is 5.73 Å². The van der Waals surface area contributed by atoms with Crippen LogP contribution in [0.2, 0.25) is 0 Å². The van der Waals surface area contributed by atoms with Crippen LogP contribution in [0.25, 0.3) is 0 Å². The number of hydrogen-bond donors (Lipinski definition) is 2. The van der Waals surface area contributed by atoms with Crippen molar-refractivity contribution in [2.75, 3.05) is 13.7 Å². The fourth-order valence-electron chi connectivity index (χ4n) is 1.86. The Morgan fingerprint density at radius 1 is 1.27 bits per heavy atom. The highest BCUT2D eigenvalue weighted by molar-refractivity contribution is 4.83. The SMILES string of the molecule is CCCC(N)C(CO)N(C)C(C)C(C)C. The van der Waals surface area contributed by atoms with Crippen LogP contribution in [0.4, 0.5) is 0 Å². The standard InChI is InChI=1S/C12H28N2O/c1-6-7-11(13)12(8-15)14(5)10(4)9(2)3/h9-12,15H,6-8,13H2,1-5H3. The summed E-state index contributed by atoms with van der Waals surface area (Å²) in [6, 6.07) is 0.610. The van der Waals surface area contributed by atoms with Gasteiger partial charge in [0.1, 0.15) is 0 Å². The molecule has 3 N–H and O–H groups in total. The van der Waals surface area contributed by atoms with E-state index in [1.54, 1.807) is 0 Å². The van der Waals surface area contributed by atoms with E-state index in [0.717, 1.165) is 12.8 Å². The van der Waals surface area contributed by atoms with E-state index in [9.17, 15) is 5.11 Å². The molecule has 3 heteroatoms. The van der Waals surface area contributed by atoms with Crippen LogP contribution in [-0.2, 0) is 0 Å². The molecule has 0 amide bonds. The maximum absolute atomic E-state index is 9.40. The van der Waals surface area contributed by atoms with E-state index in [1.807, 2.05) is 0 Å². The Balaban J connectivity index is 4.38. The summed E-state index contributed by atoms with van der Waals surface area (Å²) >= 11 is 0. The Morgan fingerprint density at radius 3 is 2.13 bits per heavy atom. The Labute approximate surface area is 94.6 Å². The van der Waals surface area contributed by atoms with Gasteiger partial charge in [0.25, 0.3) is 0 Å². The highest BCUT2D eigenvalue weighted by Crippen LogP contribution is 2.14. The van der Waals surface area contributed by atoms with Gasteiger partial charge in [-0.2, -0.15) is 0 Å².